The Morgan fingerprint density at radius 1 is 1.00 bits per heavy atom. The van der Waals surface area contributed by atoms with Crippen LogP contribution in [-0.4, -0.2) is 26.3 Å². The molecule has 0 unspecified atom stereocenters. The molecule has 0 radical (unpaired) electrons. The van der Waals surface area contributed by atoms with Crippen LogP contribution in [0.15, 0.2) is 53.7 Å². The van der Waals surface area contributed by atoms with E-state index in [9.17, 15) is 4.79 Å². The number of amides is 1. The molecule has 136 valence electrons. The topological polar surface area (TPSA) is 59.3 Å². The molecule has 2 heterocycles. The molecule has 0 saturated carbocycles. The van der Waals surface area contributed by atoms with Crippen molar-refractivity contribution in [2.45, 2.75) is 25.9 Å². The van der Waals surface area contributed by atoms with Gasteiger partial charge in [0.2, 0.25) is 5.91 Å². The van der Waals surface area contributed by atoms with Gasteiger partial charge in [-0.15, -0.1) is 10.2 Å². The number of nitrogens with zero attached hydrogens (tertiary/aromatic N) is 3. The fourth-order valence-electron chi connectivity index (χ4n) is 3.29. The van der Waals surface area contributed by atoms with Gasteiger partial charge in [0.1, 0.15) is 0 Å². The summed E-state index contributed by atoms with van der Waals surface area (Å²) in [6.07, 6.45) is 0. The molecule has 0 spiro atoms. The highest BCUT2D eigenvalue weighted by atomic mass is 32.2. The number of hydrogen-bond acceptors (Lipinski definition) is 4. The van der Waals surface area contributed by atoms with Crippen molar-refractivity contribution in [3.8, 4) is 0 Å². The molecule has 0 aliphatic heterocycles. The number of anilines is 1. The van der Waals surface area contributed by atoms with Gasteiger partial charge in [-0.05, 0) is 49.6 Å². The van der Waals surface area contributed by atoms with Crippen LogP contribution in [0.4, 0.5) is 5.69 Å². The van der Waals surface area contributed by atoms with Crippen LogP contribution in [-0.2, 0) is 4.79 Å². The molecule has 27 heavy (non-hydrogen) atoms. The smallest absolute Gasteiger partial charge is 0.234 e. The monoisotopic (exact) mass is 376 g/mol. The highest BCUT2D eigenvalue weighted by molar-refractivity contribution is 7.99. The lowest BCUT2D eigenvalue weighted by Crippen LogP contribution is -2.16. The average Bonchev–Trinajstić information content (AvgIpc) is 3.06. The van der Waals surface area contributed by atoms with E-state index in [-0.39, 0.29) is 11.7 Å². The maximum Gasteiger partial charge on any atom is 0.234 e. The van der Waals surface area contributed by atoms with Crippen molar-refractivity contribution in [3.63, 3.8) is 0 Å². The predicted molar refractivity (Wildman–Crippen MR) is 110 cm³/mol. The van der Waals surface area contributed by atoms with Crippen LogP contribution >= 0.6 is 11.8 Å². The van der Waals surface area contributed by atoms with Crippen molar-refractivity contribution < 1.29 is 4.79 Å². The second kappa shape index (κ2) is 7.04. The summed E-state index contributed by atoms with van der Waals surface area (Å²) in [6, 6.07) is 16.2. The van der Waals surface area contributed by atoms with Gasteiger partial charge in [-0.25, -0.2) is 0 Å². The first kappa shape index (κ1) is 17.5. The first-order chi connectivity index (χ1) is 13.0. The number of aryl methyl sites for hydroxylation is 3. The van der Waals surface area contributed by atoms with Crippen molar-refractivity contribution >= 4 is 39.9 Å². The molecule has 0 aliphatic carbocycles. The molecule has 0 bridgehead atoms. The van der Waals surface area contributed by atoms with E-state index in [1.165, 1.54) is 11.8 Å². The molecule has 6 heteroatoms. The first-order valence-electron chi connectivity index (χ1n) is 8.77. The van der Waals surface area contributed by atoms with Gasteiger partial charge in [-0.1, -0.05) is 48.2 Å². The zero-order valence-corrected chi connectivity index (χ0v) is 16.3. The maximum atomic E-state index is 12.5. The average molecular weight is 376 g/mol. The minimum absolute atomic E-state index is 0.0504. The third kappa shape index (κ3) is 3.28. The van der Waals surface area contributed by atoms with Gasteiger partial charge < -0.3 is 5.32 Å². The fraction of sp³-hybridized carbons (Fsp3) is 0.190. The minimum atomic E-state index is -0.0504. The van der Waals surface area contributed by atoms with Crippen LogP contribution in [0.25, 0.3) is 16.6 Å². The van der Waals surface area contributed by atoms with E-state index < -0.39 is 0 Å². The standard InChI is InChI=1S/C21H20N4OS/c1-13-7-6-8-14(2)20(13)22-19(26)12-27-21-24-23-18-11-15(3)16-9-4-5-10-17(16)25(18)21/h4-11H,12H2,1-3H3,(H,22,26). The lowest BCUT2D eigenvalue weighted by Gasteiger charge is -2.11. The second-order valence-electron chi connectivity index (χ2n) is 6.62. The lowest BCUT2D eigenvalue weighted by atomic mass is 10.1. The molecule has 0 saturated heterocycles. The Labute approximate surface area is 161 Å². The number of hydrogen-bond donors (Lipinski definition) is 1. The number of carbonyl (C=O) groups is 1. The van der Waals surface area contributed by atoms with Gasteiger partial charge >= 0.3 is 0 Å². The molecule has 1 N–H and O–H groups in total. The number of benzene rings is 2. The molecular weight excluding hydrogens is 356 g/mol. The molecule has 4 aromatic rings. The Balaban J connectivity index is 1.59. The normalized spacial score (nSPS) is 11.2. The highest BCUT2D eigenvalue weighted by Gasteiger charge is 2.14. The van der Waals surface area contributed by atoms with Crippen molar-refractivity contribution in [2.24, 2.45) is 0 Å². The van der Waals surface area contributed by atoms with E-state index in [0.717, 1.165) is 44.1 Å². The van der Waals surface area contributed by atoms with Gasteiger partial charge in [0.15, 0.2) is 10.8 Å². The quantitative estimate of drug-likeness (QED) is 0.531. The van der Waals surface area contributed by atoms with Crippen molar-refractivity contribution in [2.75, 3.05) is 11.1 Å². The maximum absolute atomic E-state index is 12.5. The predicted octanol–water partition coefficient (Wildman–Crippen LogP) is 4.54. The Bertz CT molecular complexity index is 1150. The number of nitrogens with one attached hydrogen (secondary N) is 1. The largest absolute Gasteiger partial charge is 0.325 e. The van der Waals surface area contributed by atoms with Gasteiger partial charge in [-0.2, -0.15) is 0 Å². The zero-order valence-electron chi connectivity index (χ0n) is 15.5. The molecule has 4 rings (SSSR count). The number of pyridine rings is 1. The summed E-state index contributed by atoms with van der Waals surface area (Å²) in [4.78, 5) is 12.5. The molecule has 1 amide bonds. The van der Waals surface area contributed by atoms with Crippen LogP contribution < -0.4 is 5.32 Å². The van der Waals surface area contributed by atoms with E-state index in [1.807, 2.05) is 54.6 Å². The Morgan fingerprint density at radius 2 is 1.74 bits per heavy atom. The van der Waals surface area contributed by atoms with E-state index in [1.54, 1.807) is 0 Å². The number of aromatic nitrogens is 3. The van der Waals surface area contributed by atoms with Crippen LogP contribution in [0.5, 0.6) is 0 Å². The summed E-state index contributed by atoms with van der Waals surface area (Å²) >= 11 is 1.39. The summed E-state index contributed by atoms with van der Waals surface area (Å²) in [7, 11) is 0. The molecule has 0 atom stereocenters. The molecular formula is C21H20N4OS. The summed E-state index contributed by atoms with van der Waals surface area (Å²) in [5.74, 6) is 0.224. The third-order valence-electron chi connectivity index (χ3n) is 4.65. The summed E-state index contributed by atoms with van der Waals surface area (Å²) in [5.41, 5.74) is 6.01. The number of thioether (sulfide) groups is 1. The number of carbonyl (C=O) groups excluding carboxylic acids is 1. The Kier molecular flexibility index (Phi) is 4.58. The summed E-state index contributed by atoms with van der Waals surface area (Å²) in [5, 5.41) is 13.5. The molecule has 2 aromatic heterocycles. The lowest BCUT2D eigenvalue weighted by molar-refractivity contribution is -0.113. The summed E-state index contributed by atoms with van der Waals surface area (Å²) in [6.45, 7) is 6.06. The minimum Gasteiger partial charge on any atom is -0.325 e. The van der Waals surface area contributed by atoms with E-state index >= 15 is 0 Å². The van der Waals surface area contributed by atoms with E-state index in [4.69, 9.17) is 0 Å². The molecule has 5 nitrogen and oxygen atoms in total. The van der Waals surface area contributed by atoms with Crippen molar-refractivity contribution in [1.82, 2.24) is 14.6 Å². The molecule has 0 aliphatic rings. The van der Waals surface area contributed by atoms with Crippen molar-refractivity contribution in [3.05, 3.63) is 65.2 Å². The zero-order chi connectivity index (χ0) is 19.0. The van der Waals surface area contributed by atoms with Gasteiger partial charge in [0.05, 0.1) is 11.3 Å². The summed E-state index contributed by atoms with van der Waals surface area (Å²) < 4.78 is 2.01. The Morgan fingerprint density at radius 3 is 2.52 bits per heavy atom. The Hall–Kier alpha value is -2.86. The second-order valence-corrected chi connectivity index (χ2v) is 7.57. The number of para-hydroxylation sites is 2. The van der Waals surface area contributed by atoms with Gasteiger partial charge in [0, 0.05) is 11.1 Å². The first-order valence-corrected chi connectivity index (χ1v) is 9.75. The van der Waals surface area contributed by atoms with Gasteiger partial charge in [-0.3, -0.25) is 9.20 Å². The van der Waals surface area contributed by atoms with Crippen molar-refractivity contribution in [1.29, 1.82) is 0 Å². The third-order valence-corrected chi connectivity index (χ3v) is 5.58. The molecule has 0 fully saturated rings. The van der Waals surface area contributed by atoms with Crippen LogP contribution in [0.3, 0.4) is 0 Å². The van der Waals surface area contributed by atoms with E-state index in [0.29, 0.717) is 0 Å². The van der Waals surface area contributed by atoms with Crippen LogP contribution in [0, 0.1) is 20.8 Å². The highest BCUT2D eigenvalue weighted by Crippen LogP contribution is 2.26. The van der Waals surface area contributed by atoms with Gasteiger partial charge in [0.25, 0.3) is 0 Å². The SMILES string of the molecule is Cc1cccc(C)c1NC(=O)CSc1nnc2cc(C)c3ccccc3n12. The van der Waals surface area contributed by atoms with Crippen LogP contribution in [0.2, 0.25) is 0 Å². The van der Waals surface area contributed by atoms with Crippen LogP contribution in [0.1, 0.15) is 16.7 Å². The fourth-order valence-corrected chi connectivity index (χ4v) is 4.04. The number of fused-ring (bicyclic) bond motifs is 3. The van der Waals surface area contributed by atoms with E-state index in [2.05, 4.69) is 34.6 Å². The molecule has 2 aromatic carbocycles. The number of rotatable bonds is 4.